The lowest BCUT2D eigenvalue weighted by Crippen LogP contribution is -2.30. The molecule has 0 aliphatic carbocycles. The van der Waals surface area contributed by atoms with Crippen LogP contribution in [0, 0.1) is 0 Å². The van der Waals surface area contributed by atoms with Crippen LogP contribution < -0.4 is 4.90 Å². The second kappa shape index (κ2) is 9.68. The van der Waals surface area contributed by atoms with E-state index in [0.717, 1.165) is 32.1 Å². The molecule has 0 bridgehead atoms. The summed E-state index contributed by atoms with van der Waals surface area (Å²) < 4.78 is 2.03. The number of nitrogens with zero attached hydrogens (tertiary/aromatic N) is 4. The number of amides is 1. The minimum Gasteiger partial charge on any atom is -0.302 e. The summed E-state index contributed by atoms with van der Waals surface area (Å²) in [4.78, 5) is 17.5. The van der Waals surface area contributed by atoms with Crippen molar-refractivity contribution in [2.24, 2.45) is 0 Å². The molecule has 0 fully saturated rings. The quantitative estimate of drug-likeness (QED) is 0.246. The first kappa shape index (κ1) is 21.6. The standard InChI is InChI=1S/C26H22N4OS2/c1-2-16-29-24(17-19-10-4-3-5-11-19)27-28-26(29)32-18-25(31)30-20-12-6-8-14-22(20)33-23-15-9-7-13-21(23)30/h2-15H,1,16-18H2. The van der Waals surface area contributed by atoms with E-state index in [0.29, 0.717) is 13.0 Å². The summed E-state index contributed by atoms with van der Waals surface area (Å²) in [5.74, 6) is 1.13. The minimum atomic E-state index is 0.0120. The fourth-order valence-electron chi connectivity index (χ4n) is 3.81. The highest BCUT2D eigenvalue weighted by atomic mass is 32.2. The van der Waals surface area contributed by atoms with Crippen molar-refractivity contribution >= 4 is 40.8 Å². The molecule has 0 atom stereocenters. The monoisotopic (exact) mass is 470 g/mol. The maximum Gasteiger partial charge on any atom is 0.242 e. The Hall–Kier alpha value is -3.29. The second-order valence-corrected chi connectivity index (χ2v) is 9.54. The van der Waals surface area contributed by atoms with Gasteiger partial charge in [-0.15, -0.1) is 16.8 Å². The van der Waals surface area contributed by atoms with Crippen LogP contribution in [0.4, 0.5) is 11.4 Å². The van der Waals surface area contributed by atoms with Crippen LogP contribution in [0.3, 0.4) is 0 Å². The molecular weight excluding hydrogens is 448 g/mol. The van der Waals surface area contributed by atoms with Gasteiger partial charge in [0, 0.05) is 22.8 Å². The van der Waals surface area contributed by atoms with Gasteiger partial charge in [-0.3, -0.25) is 9.69 Å². The Kier molecular flexibility index (Phi) is 6.32. The Balaban J connectivity index is 1.38. The van der Waals surface area contributed by atoms with Crippen LogP contribution in [0.15, 0.2) is 106 Å². The normalized spacial score (nSPS) is 12.2. The highest BCUT2D eigenvalue weighted by Gasteiger charge is 2.28. The van der Waals surface area contributed by atoms with Gasteiger partial charge in [0.15, 0.2) is 5.16 Å². The van der Waals surface area contributed by atoms with E-state index >= 15 is 0 Å². The molecule has 0 unspecified atom stereocenters. The number of rotatable bonds is 7. The Morgan fingerprint density at radius 1 is 0.909 bits per heavy atom. The van der Waals surface area contributed by atoms with Crippen molar-refractivity contribution in [2.75, 3.05) is 10.7 Å². The molecule has 5 nitrogen and oxygen atoms in total. The zero-order chi connectivity index (χ0) is 22.6. The number of anilines is 2. The van der Waals surface area contributed by atoms with Gasteiger partial charge in [-0.2, -0.15) is 0 Å². The molecule has 0 N–H and O–H groups in total. The molecule has 1 aliphatic heterocycles. The lowest BCUT2D eigenvalue weighted by molar-refractivity contribution is -0.115. The largest absolute Gasteiger partial charge is 0.302 e. The van der Waals surface area contributed by atoms with Gasteiger partial charge in [-0.1, -0.05) is 84.2 Å². The van der Waals surface area contributed by atoms with Crippen LogP contribution in [0.2, 0.25) is 0 Å². The van der Waals surface area contributed by atoms with Gasteiger partial charge in [0.25, 0.3) is 0 Å². The van der Waals surface area contributed by atoms with E-state index in [1.165, 1.54) is 17.3 Å². The van der Waals surface area contributed by atoms with Crippen molar-refractivity contribution in [2.45, 2.75) is 27.9 Å². The summed E-state index contributed by atoms with van der Waals surface area (Å²) in [7, 11) is 0. The third-order valence-electron chi connectivity index (χ3n) is 5.32. The van der Waals surface area contributed by atoms with Crippen LogP contribution in [0.25, 0.3) is 0 Å². The molecule has 0 saturated heterocycles. The molecule has 1 aliphatic rings. The fraction of sp³-hybridized carbons (Fsp3) is 0.115. The maximum absolute atomic E-state index is 13.5. The highest BCUT2D eigenvalue weighted by Crippen LogP contribution is 2.48. The van der Waals surface area contributed by atoms with Crippen LogP contribution in [-0.4, -0.2) is 26.4 Å². The molecule has 2 heterocycles. The molecule has 164 valence electrons. The zero-order valence-electron chi connectivity index (χ0n) is 17.9. The summed E-state index contributed by atoms with van der Waals surface area (Å²) in [6.45, 7) is 4.48. The molecule has 33 heavy (non-hydrogen) atoms. The number of aromatic nitrogens is 3. The van der Waals surface area contributed by atoms with Crippen LogP contribution in [0.1, 0.15) is 11.4 Å². The molecule has 7 heteroatoms. The molecular formula is C26H22N4OS2. The van der Waals surface area contributed by atoms with Gasteiger partial charge < -0.3 is 4.57 Å². The smallest absolute Gasteiger partial charge is 0.242 e. The molecule has 4 aromatic rings. The topological polar surface area (TPSA) is 51.0 Å². The van der Waals surface area contributed by atoms with E-state index in [1.807, 2.05) is 70.1 Å². The molecule has 3 aromatic carbocycles. The van der Waals surface area contributed by atoms with Crippen molar-refractivity contribution in [1.82, 2.24) is 14.8 Å². The number of benzene rings is 3. The van der Waals surface area contributed by atoms with E-state index in [2.05, 4.69) is 41.0 Å². The maximum atomic E-state index is 13.5. The molecule has 1 aromatic heterocycles. The molecule has 1 amide bonds. The average molecular weight is 471 g/mol. The highest BCUT2D eigenvalue weighted by molar-refractivity contribution is 8.00. The summed E-state index contributed by atoms with van der Waals surface area (Å²) in [5, 5.41) is 9.52. The second-order valence-electron chi connectivity index (χ2n) is 7.52. The number of hydrogen-bond donors (Lipinski definition) is 0. The van der Waals surface area contributed by atoms with Gasteiger partial charge in [0.05, 0.1) is 17.1 Å². The van der Waals surface area contributed by atoms with Crippen molar-refractivity contribution in [1.29, 1.82) is 0 Å². The predicted molar refractivity (Wildman–Crippen MR) is 134 cm³/mol. The number of carbonyl (C=O) groups excluding carboxylic acids is 1. The van der Waals surface area contributed by atoms with E-state index < -0.39 is 0 Å². The summed E-state index contributed by atoms with van der Waals surface area (Å²) in [6, 6.07) is 26.2. The lowest BCUT2D eigenvalue weighted by Gasteiger charge is -2.30. The van der Waals surface area contributed by atoms with Gasteiger partial charge in [-0.05, 0) is 29.8 Å². The van der Waals surface area contributed by atoms with E-state index in [4.69, 9.17) is 0 Å². The van der Waals surface area contributed by atoms with Crippen molar-refractivity contribution < 1.29 is 4.79 Å². The van der Waals surface area contributed by atoms with Gasteiger partial charge in [0.1, 0.15) is 5.82 Å². The van der Waals surface area contributed by atoms with Crippen LogP contribution in [-0.2, 0) is 17.8 Å². The first-order chi connectivity index (χ1) is 16.2. The third-order valence-corrected chi connectivity index (χ3v) is 7.40. The van der Waals surface area contributed by atoms with Gasteiger partial charge in [0.2, 0.25) is 5.91 Å². The van der Waals surface area contributed by atoms with E-state index in [1.54, 1.807) is 11.8 Å². The molecule has 0 radical (unpaired) electrons. The summed E-state index contributed by atoms with van der Waals surface area (Å²) in [5.41, 5.74) is 3.01. The molecule has 5 rings (SSSR count). The Labute approximate surface area is 201 Å². The zero-order valence-corrected chi connectivity index (χ0v) is 19.6. The molecule has 0 spiro atoms. The van der Waals surface area contributed by atoms with Crippen molar-refractivity contribution in [3.63, 3.8) is 0 Å². The van der Waals surface area contributed by atoms with E-state index in [9.17, 15) is 4.79 Å². The Bertz CT molecular complexity index is 1260. The third kappa shape index (κ3) is 4.47. The summed E-state index contributed by atoms with van der Waals surface area (Å²) >= 11 is 3.11. The minimum absolute atomic E-state index is 0.0120. The summed E-state index contributed by atoms with van der Waals surface area (Å²) in [6.07, 6.45) is 2.51. The first-order valence-corrected chi connectivity index (χ1v) is 12.4. The predicted octanol–water partition coefficient (Wildman–Crippen LogP) is 5.98. The number of carbonyl (C=O) groups is 1. The Morgan fingerprint density at radius 2 is 1.55 bits per heavy atom. The molecule has 0 saturated carbocycles. The lowest BCUT2D eigenvalue weighted by atomic mass is 10.1. The van der Waals surface area contributed by atoms with Crippen LogP contribution in [0.5, 0.6) is 0 Å². The number of allylic oxidation sites excluding steroid dienone is 1. The van der Waals surface area contributed by atoms with Crippen LogP contribution >= 0.6 is 23.5 Å². The van der Waals surface area contributed by atoms with Crippen molar-refractivity contribution in [3.05, 3.63) is 103 Å². The van der Waals surface area contributed by atoms with Crippen molar-refractivity contribution in [3.8, 4) is 0 Å². The number of para-hydroxylation sites is 2. The number of hydrogen-bond acceptors (Lipinski definition) is 5. The Morgan fingerprint density at radius 3 is 2.21 bits per heavy atom. The number of thioether (sulfide) groups is 1. The SMILES string of the molecule is C=CCn1c(Cc2ccccc2)nnc1SCC(=O)N1c2ccccc2Sc2ccccc21. The van der Waals surface area contributed by atoms with E-state index in [-0.39, 0.29) is 11.7 Å². The number of fused-ring (bicyclic) bond motifs is 2. The fourth-order valence-corrected chi connectivity index (χ4v) is 5.69. The van der Waals surface area contributed by atoms with Gasteiger partial charge in [-0.25, -0.2) is 0 Å². The average Bonchev–Trinajstić information content (AvgIpc) is 3.22. The first-order valence-electron chi connectivity index (χ1n) is 10.6. The van der Waals surface area contributed by atoms with Gasteiger partial charge >= 0.3 is 0 Å².